The Hall–Kier alpha value is -5.78. The van der Waals surface area contributed by atoms with Gasteiger partial charge in [-0.15, -0.1) is 22.7 Å². The first-order chi connectivity index (χ1) is 31.4. The maximum absolute atomic E-state index is 14.3. The Balaban J connectivity index is 0.794. The molecule has 2 aliphatic carbocycles. The van der Waals surface area contributed by atoms with Crippen LogP contribution in [0.15, 0.2) is 122 Å². The molecule has 4 heterocycles. The highest BCUT2D eigenvalue weighted by molar-refractivity contribution is 7.15. The Labute approximate surface area is 383 Å². The first-order valence-corrected chi connectivity index (χ1v) is 24.7. The van der Waals surface area contributed by atoms with Crippen LogP contribution in [-0.2, 0) is 19.2 Å². The summed E-state index contributed by atoms with van der Waals surface area (Å²) in [6.45, 7) is 1.31. The highest BCUT2D eigenvalue weighted by atomic mass is 32.1. The minimum Gasteiger partial charge on any atom is -0.340 e. The minimum atomic E-state index is -0.714. The van der Waals surface area contributed by atoms with Crippen LogP contribution in [0.25, 0.3) is 32.0 Å². The molecule has 11 heteroatoms. The van der Waals surface area contributed by atoms with E-state index >= 15 is 0 Å². The second kappa shape index (κ2) is 18.7. The molecule has 2 aromatic heterocycles. The lowest BCUT2D eigenvalue weighted by atomic mass is 9.78. The Kier molecular flexibility index (Phi) is 12.4. The van der Waals surface area contributed by atoms with E-state index in [2.05, 4.69) is 53.8 Å². The van der Waals surface area contributed by atoms with E-state index in [-0.39, 0.29) is 53.8 Å². The molecule has 4 fully saturated rings. The van der Waals surface area contributed by atoms with Crippen molar-refractivity contribution in [2.45, 2.75) is 94.7 Å². The standard InChI is InChI=1S/C53H53N5O4S2/c59-45(37-15-7-16-37)31-42(36-11-3-1-4-12-36)52(61)57-29-9-19-43(57)50-54-32-46(63-50)38-25-21-34(22-26-38)35-23-27-39(28-24-35)47-33-55-51(64-47)44-20-10-30-58(44)53(62)48(40-13-5-2-6-14-40)56-49(60)41-17-8-18-41/h1-6,11-14,21-28,32-33,37,41-44,48H,7-10,15-20,29-31H2,(H,56,60)/t42-,43+,44+,48-/m1/s1. The van der Waals surface area contributed by atoms with Gasteiger partial charge in [-0.3, -0.25) is 19.2 Å². The van der Waals surface area contributed by atoms with Crippen molar-refractivity contribution in [3.63, 3.8) is 0 Å². The van der Waals surface area contributed by atoms with Gasteiger partial charge in [0.25, 0.3) is 0 Å². The zero-order valence-corrected chi connectivity index (χ0v) is 37.6. The van der Waals surface area contributed by atoms with Gasteiger partial charge >= 0.3 is 0 Å². The quantitative estimate of drug-likeness (QED) is 0.117. The lowest BCUT2D eigenvalue weighted by Gasteiger charge is -2.31. The van der Waals surface area contributed by atoms with Crippen LogP contribution in [0, 0.1) is 11.8 Å². The number of aromatic nitrogens is 2. The molecule has 0 unspecified atom stereocenters. The number of hydrogen-bond donors (Lipinski definition) is 1. The van der Waals surface area contributed by atoms with Gasteiger partial charge in [-0.25, -0.2) is 9.97 Å². The fourth-order valence-electron chi connectivity index (χ4n) is 9.74. The smallest absolute Gasteiger partial charge is 0.250 e. The maximum Gasteiger partial charge on any atom is 0.250 e. The molecule has 64 heavy (non-hydrogen) atoms. The molecule has 326 valence electrons. The van der Waals surface area contributed by atoms with Crippen molar-refractivity contribution < 1.29 is 19.2 Å². The molecule has 1 N–H and O–H groups in total. The normalized spacial score (nSPS) is 19.8. The third-order valence-electron chi connectivity index (χ3n) is 14.0. The van der Waals surface area contributed by atoms with Gasteiger partial charge in [0, 0.05) is 43.7 Å². The summed E-state index contributed by atoms with van der Waals surface area (Å²) >= 11 is 3.28. The van der Waals surface area contributed by atoms with Gasteiger partial charge < -0.3 is 15.1 Å². The van der Waals surface area contributed by atoms with Crippen LogP contribution in [0.5, 0.6) is 0 Å². The van der Waals surface area contributed by atoms with Crippen LogP contribution >= 0.6 is 22.7 Å². The number of Topliss-reactive ketones (excluding diaryl/α,β-unsaturated/α-hetero) is 1. The van der Waals surface area contributed by atoms with Crippen LogP contribution < -0.4 is 5.32 Å². The second-order valence-electron chi connectivity index (χ2n) is 17.9. The summed E-state index contributed by atoms with van der Waals surface area (Å²) in [4.78, 5) is 70.5. The maximum atomic E-state index is 14.3. The van der Waals surface area contributed by atoms with Crippen molar-refractivity contribution in [1.29, 1.82) is 0 Å². The molecule has 0 radical (unpaired) electrons. The number of rotatable bonds is 14. The van der Waals surface area contributed by atoms with Crippen LogP contribution in [-0.4, -0.2) is 56.4 Å². The molecule has 4 atom stereocenters. The van der Waals surface area contributed by atoms with Gasteiger partial charge in [0.15, 0.2) is 0 Å². The summed E-state index contributed by atoms with van der Waals surface area (Å²) in [5.41, 5.74) is 6.10. The number of thiazole rings is 2. The Morgan fingerprint density at radius 2 is 1.02 bits per heavy atom. The van der Waals surface area contributed by atoms with Gasteiger partial charge in [-0.2, -0.15) is 0 Å². The van der Waals surface area contributed by atoms with Gasteiger partial charge in [-0.1, -0.05) is 122 Å². The van der Waals surface area contributed by atoms with E-state index < -0.39 is 12.0 Å². The first-order valence-electron chi connectivity index (χ1n) is 23.0. The van der Waals surface area contributed by atoms with Crippen molar-refractivity contribution >= 4 is 46.2 Å². The average Bonchev–Trinajstić information content (AvgIpc) is 4.14. The van der Waals surface area contributed by atoms with E-state index in [0.717, 1.165) is 117 Å². The van der Waals surface area contributed by atoms with Crippen molar-refractivity contribution in [3.05, 3.63) is 143 Å². The van der Waals surface area contributed by atoms with Crippen molar-refractivity contribution in [3.8, 4) is 32.0 Å². The van der Waals surface area contributed by atoms with Crippen molar-refractivity contribution in [1.82, 2.24) is 25.1 Å². The lowest BCUT2D eigenvalue weighted by Crippen LogP contribution is -2.45. The average molecular weight is 888 g/mol. The number of amides is 3. The van der Waals surface area contributed by atoms with Crippen LogP contribution in [0.1, 0.15) is 116 Å². The van der Waals surface area contributed by atoms with Crippen molar-refractivity contribution in [2.24, 2.45) is 11.8 Å². The molecule has 9 nitrogen and oxygen atoms in total. The number of nitrogens with zero attached hydrogens (tertiary/aromatic N) is 4. The van der Waals surface area contributed by atoms with Gasteiger partial charge in [0.1, 0.15) is 21.8 Å². The van der Waals surface area contributed by atoms with Crippen LogP contribution in [0.3, 0.4) is 0 Å². The molecule has 3 amide bonds. The van der Waals surface area contributed by atoms with E-state index in [1.807, 2.05) is 82.9 Å². The lowest BCUT2D eigenvalue weighted by molar-refractivity contribution is -0.139. The van der Waals surface area contributed by atoms with E-state index in [1.165, 1.54) is 0 Å². The van der Waals surface area contributed by atoms with Gasteiger partial charge in [0.05, 0.1) is 27.8 Å². The number of likely N-dealkylation sites (tertiary alicyclic amines) is 2. The number of carbonyl (C=O) groups is 4. The first kappa shape index (κ1) is 42.2. The Morgan fingerprint density at radius 1 is 0.547 bits per heavy atom. The molecule has 0 spiro atoms. The number of carbonyl (C=O) groups excluding carboxylic acids is 4. The molecule has 4 aromatic carbocycles. The highest BCUT2D eigenvalue weighted by Gasteiger charge is 2.40. The summed E-state index contributed by atoms with van der Waals surface area (Å²) in [5, 5.41) is 4.97. The zero-order valence-electron chi connectivity index (χ0n) is 35.9. The molecular formula is C53H53N5O4S2. The molecular weight excluding hydrogens is 835 g/mol. The van der Waals surface area contributed by atoms with Crippen LogP contribution in [0.4, 0.5) is 0 Å². The molecule has 4 aliphatic rings. The molecule has 2 saturated heterocycles. The topological polar surface area (TPSA) is 113 Å². The number of nitrogens with one attached hydrogen (secondary N) is 1. The van der Waals surface area contributed by atoms with Gasteiger partial charge in [0.2, 0.25) is 17.7 Å². The predicted molar refractivity (Wildman–Crippen MR) is 252 cm³/mol. The summed E-state index contributed by atoms with van der Waals surface area (Å²) < 4.78 is 0. The Morgan fingerprint density at radius 3 is 1.50 bits per heavy atom. The molecule has 2 aliphatic heterocycles. The molecule has 2 saturated carbocycles. The molecule has 6 aromatic rings. The van der Waals surface area contributed by atoms with Crippen molar-refractivity contribution in [2.75, 3.05) is 13.1 Å². The predicted octanol–water partition coefficient (Wildman–Crippen LogP) is 11.1. The largest absolute Gasteiger partial charge is 0.340 e. The fourth-order valence-corrected chi connectivity index (χ4v) is 11.9. The number of hydrogen-bond acceptors (Lipinski definition) is 8. The third kappa shape index (κ3) is 8.72. The summed E-state index contributed by atoms with van der Waals surface area (Å²) in [5.74, 6) is -0.212. The molecule has 0 bridgehead atoms. The minimum absolute atomic E-state index is 0.00638. The number of ketones is 1. The third-order valence-corrected chi connectivity index (χ3v) is 16.3. The van der Waals surface area contributed by atoms with Crippen LogP contribution in [0.2, 0.25) is 0 Å². The second-order valence-corrected chi connectivity index (χ2v) is 20.0. The monoisotopic (exact) mass is 887 g/mol. The van der Waals surface area contributed by atoms with E-state index in [4.69, 9.17) is 9.97 Å². The Bertz CT molecular complexity index is 2420. The molecule has 10 rings (SSSR count). The zero-order chi connectivity index (χ0) is 43.6. The fraction of sp³-hybridized carbons (Fsp3) is 0.358. The summed E-state index contributed by atoms with van der Waals surface area (Å²) in [6, 6.07) is 35.6. The summed E-state index contributed by atoms with van der Waals surface area (Å²) in [6.07, 6.45) is 13.4. The van der Waals surface area contributed by atoms with E-state index in [1.54, 1.807) is 22.7 Å². The number of benzene rings is 4. The SMILES string of the molecule is O=C(C[C@@H](C(=O)N1CCC[C@H]1c1ncc(-c2ccc(-c3ccc(-c4cnc([C@@H]5CCCN5C(=O)[C@H](NC(=O)C5CCC5)c5ccccc5)s4)cc3)cc2)s1)c1ccccc1)C1CCC1. The van der Waals surface area contributed by atoms with Gasteiger partial charge in [-0.05, 0) is 84.7 Å². The summed E-state index contributed by atoms with van der Waals surface area (Å²) in [7, 11) is 0. The highest BCUT2D eigenvalue weighted by Crippen LogP contribution is 2.42. The van der Waals surface area contributed by atoms with E-state index in [9.17, 15) is 19.2 Å². The van der Waals surface area contributed by atoms with E-state index in [0.29, 0.717) is 13.1 Å².